The number of hydrogen-bond acceptors (Lipinski definition) is 3. The molecule has 2 bridgehead atoms. The van der Waals surface area contributed by atoms with Gasteiger partial charge in [-0.2, -0.15) is 0 Å². The summed E-state index contributed by atoms with van der Waals surface area (Å²) >= 11 is 0. The first-order valence-electron chi connectivity index (χ1n) is 5.72. The monoisotopic (exact) mass is 212 g/mol. The summed E-state index contributed by atoms with van der Waals surface area (Å²) in [5.74, 6) is -0.661. The summed E-state index contributed by atoms with van der Waals surface area (Å²) in [6, 6.07) is 0. The van der Waals surface area contributed by atoms with Gasteiger partial charge in [0, 0.05) is 12.3 Å². The molecule has 1 heterocycles. The highest BCUT2D eigenvalue weighted by molar-refractivity contribution is 5.70. The van der Waals surface area contributed by atoms with Gasteiger partial charge in [0.15, 0.2) is 5.79 Å². The van der Waals surface area contributed by atoms with E-state index in [0.29, 0.717) is 19.1 Å². The maximum Gasteiger partial charge on any atom is 0.306 e. The Balaban J connectivity index is 1.83. The first-order valence-corrected chi connectivity index (χ1v) is 5.72. The highest BCUT2D eigenvalue weighted by Gasteiger charge is 2.56. The lowest BCUT2D eigenvalue weighted by atomic mass is 9.61. The van der Waals surface area contributed by atoms with Crippen LogP contribution in [0.3, 0.4) is 0 Å². The molecule has 1 spiro atoms. The summed E-state index contributed by atoms with van der Waals surface area (Å²) in [6.07, 6.45) is 3.61. The van der Waals surface area contributed by atoms with Gasteiger partial charge in [-0.05, 0) is 25.2 Å². The molecule has 3 unspecified atom stereocenters. The van der Waals surface area contributed by atoms with Crippen molar-refractivity contribution in [1.82, 2.24) is 0 Å². The Morgan fingerprint density at radius 3 is 2.53 bits per heavy atom. The molecular weight excluding hydrogens is 196 g/mol. The van der Waals surface area contributed by atoms with E-state index in [2.05, 4.69) is 0 Å². The normalized spacial score (nSPS) is 42.3. The molecule has 15 heavy (non-hydrogen) atoms. The van der Waals surface area contributed by atoms with Gasteiger partial charge in [0.2, 0.25) is 0 Å². The average Bonchev–Trinajstić information content (AvgIpc) is 2.67. The predicted molar refractivity (Wildman–Crippen MR) is 51.2 cm³/mol. The molecule has 3 atom stereocenters. The van der Waals surface area contributed by atoms with Gasteiger partial charge in [0.1, 0.15) is 0 Å². The Morgan fingerprint density at radius 1 is 1.27 bits per heavy atom. The van der Waals surface area contributed by atoms with E-state index in [1.807, 2.05) is 0 Å². The third-order valence-electron chi connectivity index (χ3n) is 4.26. The molecular formula is C11H16O4. The summed E-state index contributed by atoms with van der Waals surface area (Å²) in [5, 5.41) is 9.11. The summed E-state index contributed by atoms with van der Waals surface area (Å²) in [7, 11) is 0. The Labute approximate surface area is 88.6 Å². The zero-order chi connectivity index (χ0) is 10.5. The molecule has 3 saturated carbocycles. The Morgan fingerprint density at radius 2 is 2.00 bits per heavy atom. The van der Waals surface area contributed by atoms with Crippen molar-refractivity contribution < 1.29 is 19.4 Å². The van der Waals surface area contributed by atoms with Crippen LogP contribution in [0.25, 0.3) is 0 Å². The van der Waals surface area contributed by atoms with Crippen LogP contribution in [0.2, 0.25) is 0 Å². The number of carbonyl (C=O) groups is 1. The van der Waals surface area contributed by atoms with E-state index in [1.165, 1.54) is 0 Å². The molecule has 0 radical (unpaired) electrons. The highest BCUT2D eigenvalue weighted by atomic mass is 16.7. The van der Waals surface area contributed by atoms with E-state index in [0.717, 1.165) is 25.7 Å². The van der Waals surface area contributed by atoms with Crippen LogP contribution in [-0.2, 0) is 14.3 Å². The summed E-state index contributed by atoms with van der Waals surface area (Å²) < 4.78 is 11.5. The van der Waals surface area contributed by atoms with Crippen LogP contribution in [0.15, 0.2) is 0 Å². The highest BCUT2D eigenvalue weighted by Crippen LogP contribution is 2.53. The van der Waals surface area contributed by atoms with E-state index in [4.69, 9.17) is 14.6 Å². The van der Waals surface area contributed by atoms with E-state index in [-0.39, 0.29) is 11.8 Å². The molecule has 3 aliphatic carbocycles. The van der Waals surface area contributed by atoms with Gasteiger partial charge in [-0.1, -0.05) is 0 Å². The molecule has 1 aliphatic heterocycles. The molecule has 0 aromatic rings. The Kier molecular flexibility index (Phi) is 2.04. The number of ether oxygens (including phenoxy) is 2. The number of aliphatic carboxylic acids is 1. The zero-order valence-electron chi connectivity index (χ0n) is 8.65. The van der Waals surface area contributed by atoms with Gasteiger partial charge < -0.3 is 14.6 Å². The van der Waals surface area contributed by atoms with E-state index in [1.54, 1.807) is 0 Å². The fraction of sp³-hybridized carbons (Fsp3) is 0.909. The van der Waals surface area contributed by atoms with Crippen molar-refractivity contribution >= 4 is 5.97 Å². The van der Waals surface area contributed by atoms with Gasteiger partial charge in [0.05, 0.1) is 19.1 Å². The fourth-order valence-corrected chi connectivity index (χ4v) is 3.54. The number of carboxylic acid groups (broad SMARTS) is 1. The van der Waals surface area contributed by atoms with Gasteiger partial charge in [0.25, 0.3) is 0 Å². The van der Waals surface area contributed by atoms with Crippen molar-refractivity contribution in [2.45, 2.75) is 31.5 Å². The molecule has 0 aromatic carbocycles. The minimum Gasteiger partial charge on any atom is -0.481 e. The smallest absolute Gasteiger partial charge is 0.306 e. The lowest BCUT2D eigenvalue weighted by molar-refractivity contribution is -0.249. The Hall–Kier alpha value is -0.610. The second-order valence-corrected chi connectivity index (χ2v) is 4.93. The lowest BCUT2D eigenvalue weighted by Gasteiger charge is -2.50. The van der Waals surface area contributed by atoms with Crippen LogP contribution in [0.5, 0.6) is 0 Å². The van der Waals surface area contributed by atoms with E-state index in [9.17, 15) is 4.79 Å². The predicted octanol–water partition coefficient (Wildman–Crippen LogP) is 1.25. The lowest BCUT2D eigenvalue weighted by Crippen LogP contribution is -2.53. The van der Waals surface area contributed by atoms with Crippen molar-refractivity contribution in [3.63, 3.8) is 0 Å². The van der Waals surface area contributed by atoms with Crippen molar-refractivity contribution in [2.75, 3.05) is 13.2 Å². The number of carboxylic acids is 1. The summed E-state index contributed by atoms with van der Waals surface area (Å²) in [5.41, 5.74) is 0. The molecule has 4 rings (SSSR count). The minimum atomic E-state index is -0.641. The first-order chi connectivity index (χ1) is 7.21. The molecule has 1 N–H and O–H groups in total. The van der Waals surface area contributed by atoms with Crippen LogP contribution in [-0.4, -0.2) is 30.1 Å². The summed E-state index contributed by atoms with van der Waals surface area (Å²) in [4.78, 5) is 11.1. The third kappa shape index (κ3) is 1.31. The van der Waals surface area contributed by atoms with Crippen molar-refractivity contribution in [1.29, 1.82) is 0 Å². The first kappa shape index (κ1) is 9.60. The van der Waals surface area contributed by atoms with E-state index < -0.39 is 11.8 Å². The van der Waals surface area contributed by atoms with Crippen LogP contribution in [0.4, 0.5) is 0 Å². The molecule has 0 amide bonds. The maximum atomic E-state index is 11.1. The molecule has 4 aliphatic rings. The average molecular weight is 212 g/mol. The zero-order valence-corrected chi connectivity index (χ0v) is 8.65. The number of rotatable bonds is 1. The van der Waals surface area contributed by atoms with Gasteiger partial charge in [-0.3, -0.25) is 4.79 Å². The van der Waals surface area contributed by atoms with Crippen molar-refractivity contribution in [3.05, 3.63) is 0 Å². The third-order valence-corrected chi connectivity index (χ3v) is 4.26. The molecule has 4 fully saturated rings. The van der Waals surface area contributed by atoms with Gasteiger partial charge in [-0.25, -0.2) is 0 Å². The molecule has 4 nitrogen and oxygen atoms in total. The molecule has 4 heteroatoms. The molecule has 1 saturated heterocycles. The van der Waals surface area contributed by atoms with Crippen molar-refractivity contribution in [2.24, 2.45) is 17.8 Å². The maximum absolute atomic E-state index is 11.1. The standard InChI is InChI=1S/C11H16O4/c12-10(13)9-5-8-2-1-7(9)6-11(8)14-3-4-15-11/h7-9H,1-6H2,(H,12,13). The van der Waals surface area contributed by atoms with Crippen molar-refractivity contribution in [3.8, 4) is 0 Å². The summed E-state index contributed by atoms with van der Waals surface area (Å²) in [6.45, 7) is 1.34. The molecule has 0 aromatic heterocycles. The molecule has 84 valence electrons. The topological polar surface area (TPSA) is 55.8 Å². The Bertz CT molecular complexity index is 282. The van der Waals surface area contributed by atoms with E-state index >= 15 is 0 Å². The largest absolute Gasteiger partial charge is 0.481 e. The second kappa shape index (κ2) is 3.19. The SMILES string of the molecule is O=C(O)C1CC2CCC1CC21OCCO1. The minimum absolute atomic E-state index is 0.165. The number of fused-ring (bicyclic) bond motifs is 2. The van der Waals surface area contributed by atoms with Crippen LogP contribution >= 0.6 is 0 Å². The van der Waals surface area contributed by atoms with Crippen LogP contribution in [0, 0.1) is 17.8 Å². The second-order valence-electron chi connectivity index (χ2n) is 4.93. The quantitative estimate of drug-likeness (QED) is 0.710. The van der Waals surface area contributed by atoms with Crippen LogP contribution in [0.1, 0.15) is 25.7 Å². The van der Waals surface area contributed by atoms with Gasteiger partial charge in [-0.15, -0.1) is 0 Å². The van der Waals surface area contributed by atoms with Gasteiger partial charge >= 0.3 is 5.97 Å². The van der Waals surface area contributed by atoms with Crippen LogP contribution < -0.4 is 0 Å². The number of hydrogen-bond donors (Lipinski definition) is 1. The fourth-order valence-electron chi connectivity index (χ4n) is 3.54.